The van der Waals surface area contributed by atoms with Crippen LogP contribution >= 0.6 is 21.9 Å². The molecular formula is C100H80N7O3P3. The Bertz CT molecular complexity index is 6200. The van der Waals surface area contributed by atoms with E-state index in [0.29, 0.717) is 10.6 Å². The van der Waals surface area contributed by atoms with Crippen LogP contribution in [0.5, 0.6) is 0 Å². The molecule has 3 aliphatic heterocycles. The van der Waals surface area contributed by atoms with Crippen molar-refractivity contribution in [1.82, 2.24) is 19.3 Å². The number of benzene rings is 13. The van der Waals surface area contributed by atoms with Crippen LogP contribution in [-0.4, -0.2) is 19.3 Å². The lowest BCUT2D eigenvalue weighted by Gasteiger charge is -2.48. The van der Waals surface area contributed by atoms with E-state index in [1.165, 1.54) is 33.6 Å². The van der Waals surface area contributed by atoms with Crippen molar-refractivity contribution >= 4 is 115 Å². The van der Waals surface area contributed by atoms with Gasteiger partial charge in [-0.25, -0.2) is 0 Å². The third-order valence-corrected chi connectivity index (χ3v) is 31.6. The predicted octanol–water partition coefficient (Wildman–Crippen LogP) is 22.7. The molecular weight excluding hydrogens is 1440 g/mol. The lowest BCUT2D eigenvalue weighted by molar-refractivity contribution is 0.582. The van der Waals surface area contributed by atoms with Gasteiger partial charge in [-0.2, -0.15) is 0 Å². The monoisotopic (exact) mass is 1520 g/mol. The van der Waals surface area contributed by atoms with Crippen molar-refractivity contribution < 1.29 is 13.7 Å². The molecule has 0 amide bonds. The number of fused-ring (bicyclic) bond motifs is 9. The summed E-state index contributed by atoms with van der Waals surface area (Å²) in [4.78, 5) is 15.5. The summed E-state index contributed by atoms with van der Waals surface area (Å²) in [6.07, 6.45) is 10.4. The van der Waals surface area contributed by atoms with E-state index in [0.717, 1.165) is 93.7 Å². The van der Waals surface area contributed by atoms with Crippen molar-refractivity contribution in [2.75, 3.05) is 14.2 Å². The molecule has 0 N–H and O–H groups in total. The van der Waals surface area contributed by atoms with Crippen LogP contribution in [0.2, 0.25) is 0 Å². The van der Waals surface area contributed by atoms with Crippen molar-refractivity contribution in [3.05, 3.63) is 458 Å². The lowest BCUT2D eigenvalue weighted by Crippen LogP contribution is -2.40. The summed E-state index contributed by atoms with van der Waals surface area (Å²) in [7, 11) is -10.0. The van der Waals surface area contributed by atoms with Gasteiger partial charge in [-0.3, -0.25) is 42.3 Å². The van der Waals surface area contributed by atoms with E-state index < -0.39 is 27.3 Å². The van der Waals surface area contributed by atoms with Crippen molar-refractivity contribution in [3.63, 3.8) is 0 Å². The molecule has 7 heterocycles. The smallest absolute Gasteiger partial charge is 0.235 e. The van der Waals surface area contributed by atoms with Gasteiger partial charge in [-0.15, -0.1) is 0 Å². The number of nitrogens with zero attached hydrogens (tertiary/aromatic N) is 7. The topological polar surface area (TPSA) is 105 Å². The summed E-state index contributed by atoms with van der Waals surface area (Å²) >= 11 is 0. The summed E-state index contributed by atoms with van der Waals surface area (Å²) in [5, 5.41) is 6.58. The zero-order valence-corrected chi connectivity index (χ0v) is 65.6. The molecule has 13 aromatic carbocycles. The van der Waals surface area contributed by atoms with Gasteiger partial charge in [0, 0.05) is 80.4 Å². The standard InChI is InChI=1S/C38H30N3OP.C36H27N2OP.C26H23N2OP/c1-38(2)32-17-7-10-20-36(32)40(37-21-11-8-18-33(37)38)27-22-23-35-31(25-27)30-16-6-9-19-34(30)41(35)43(42,28-13-4-3-5-14-28)29-15-12-24-39-26-29;39-40(30-19-8-3-9-20-30,31-21-14-26-37-27-31)38-34-24-12-10-22-32(34)36(28-15-4-1-5-16-28,29-17-6-2-7-18-29)33-23-11-13-25-35(33)38;1-26(2)22-14-6-8-16-24(22)28(25-17-9-7-15-23(25)26)30(29,20-11-4-3-5-12-20)21-13-10-18-27-19-21/h3-26H,1-2H3;1-27H;3-19H,1-2H3. The molecule has 548 valence electrons. The van der Waals surface area contributed by atoms with Crippen molar-refractivity contribution in [2.45, 2.75) is 43.9 Å². The van der Waals surface area contributed by atoms with Crippen LogP contribution in [0.3, 0.4) is 0 Å². The first-order chi connectivity index (χ1) is 55.3. The minimum Gasteiger partial charge on any atom is -0.310 e. The van der Waals surface area contributed by atoms with Crippen molar-refractivity contribution in [2.24, 2.45) is 0 Å². The molecule has 0 fully saturated rings. The van der Waals surface area contributed by atoms with Crippen LogP contribution < -0.4 is 46.1 Å². The Morgan fingerprint density at radius 2 is 0.549 bits per heavy atom. The third-order valence-electron chi connectivity index (χ3n) is 22.8. The maximum Gasteiger partial charge on any atom is 0.235 e. The highest BCUT2D eigenvalue weighted by Crippen LogP contribution is 2.66. The minimum absolute atomic E-state index is 0.129. The van der Waals surface area contributed by atoms with Crippen molar-refractivity contribution in [1.29, 1.82) is 0 Å². The molecule has 0 saturated carbocycles. The number of anilines is 7. The SMILES string of the molecule is CC1(C)c2ccccc2N(P(=O)(c2ccccc2)c2cccnc2)c2ccccc21.CC1(C)c2ccccc2N(c2ccc3c(c2)c2ccccc2n3P(=O)(c2ccccc2)c2cccnc2)c2ccccc21.O=P(c1ccccc1)(c1cccnc1)N1c2ccccc2C(c2ccccc2)(c2ccccc2)c2ccccc21. The fourth-order valence-corrected chi connectivity index (χ4v) is 26.0. The average molecular weight is 1520 g/mol. The van der Waals surface area contributed by atoms with E-state index in [9.17, 15) is 0 Å². The highest BCUT2D eigenvalue weighted by Gasteiger charge is 2.51. The molecule has 0 saturated heterocycles. The Labute approximate surface area is 660 Å². The van der Waals surface area contributed by atoms with Gasteiger partial charge in [0.05, 0.1) is 66.5 Å². The molecule has 17 aromatic rings. The Morgan fingerprint density at radius 3 is 0.938 bits per heavy atom. The fourth-order valence-electron chi connectivity index (χ4n) is 17.6. The molecule has 10 nitrogen and oxygen atoms in total. The van der Waals surface area contributed by atoms with Gasteiger partial charge >= 0.3 is 0 Å². The molecule has 20 rings (SSSR count). The molecule has 4 aromatic heterocycles. The van der Waals surface area contributed by atoms with Crippen LogP contribution in [0, 0.1) is 0 Å². The van der Waals surface area contributed by atoms with E-state index in [-0.39, 0.29) is 10.8 Å². The van der Waals surface area contributed by atoms with E-state index in [1.54, 1.807) is 37.2 Å². The summed E-state index contributed by atoms with van der Waals surface area (Å²) < 4.78 is 52.9. The van der Waals surface area contributed by atoms with Crippen LogP contribution in [0.4, 0.5) is 39.8 Å². The molecule has 113 heavy (non-hydrogen) atoms. The van der Waals surface area contributed by atoms with Gasteiger partial charge in [0.1, 0.15) is 0 Å². The Kier molecular flexibility index (Phi) is 18.5. The maximum absolute atomic E-state index is 15.9. The third kappa shape index (κ3) is 11.7. The zero-order chi connectivity index (χ0) is 76.9. The summed E-state index contributed by atoms with van der Waals surface area (Å²) in [6.45, 7) is 9.08. The van der Waals surface area contributed by atoms with E-state index >= 15 is 13.7 Å². The summed E-state index contributed by atoms with van der Waals surface area (Å²) in [6, 6.07) is 128. The quantitative estimate of drug-likeness (QED) is 0.111. The second kappa shape index (κ2) is 29.1. The van der Waals surface area contributed by atoms with E-state index in [4.69, 9.17) is 0 Å². The number of pyridine rings is 3. The Balaban J connectivity index is 0.000000120. The first-order valence-electron chi connectivity index (χ1n) is 38.1. The summed E-state index contributed by atoms with van der Waals surface area (Å²) in [5.74, 6) is 0. The lowest BCUT2D eigenvalue weighted by atomic mass is 9.63. The maximum atomic E-state index is 15.9. The van der Waals surface area contributed by atoms with E-state index in [2.05, 4.69) is 280 Å². The highest BCUT2D eigenvalue weighted by molar-refractivity contribution is 7.81. The molecule has 0 spiro atoms. The summed E-state index contributed by atoms with van der Waals surface area (Å²) in [5.41, 5.74) is 17.6. The predicted molar refractivity (Wildman–Crippen MR) is 468 cm³/mol. The van der Waals surface area contributed by atoms with Crippen LogP contribution in [0.15, 0.2) is 413 Å². The molecule has 0 bridgehead atoms. The number of aromatic nitrogens is 4. The van der Waals surface area contributed by atoms with Gasteiger partial charge in [-0.1, -0.05) is 270 Å². The Hall–Kier alpha value is -12.8. The average Bonchev–Trinajstić information content (AvgIpc) is 1.44. The van der Waals surface area contributed by atoms with Gasteiger partial charge in [-0.05, 0) is 178 Å². The van der Waals surface area contributed by atoms with Crippen LogP contribution in [0.1, 0.15) is 72.2 Å². The normalized spacial score (nSPS) is 15.4. The minimum atomic E-state index is -3.43. The molecule has 0 radical (unpaired) electrons. The largest absolute Gasteiger partial charge is 0.310 e. The molecule has 3 unspecified atom stereocenters. The molecule has 13 heteroatoms. The molecule has 0 aliphatic carbocycles. The van der Waals surface area contributed by atoms with Crippen molar-refractivity contribution in [3.8, 4) is 0 Å². The Morgan fingerprint density at radius 1 is 0.257 bits per heavy atom. The number of hydrogen-bond acceptors (Lipinski definition) is 7. The van der Waals surface area contributed by atoms with E-state index in [1.807, 2.05) is 158 Å². The first-order valence-corrected chi connectivity index (χ1v) is 43.1. The second-order valence-corrected chi connectivity index (χ2v) is 37.4. The molecule has 3 aliphatic rings. The van der Waals surface area contributed by atoms with Gasteiger partial charge in [0.2, 0.25) is 21.9 Å². The number of para-hydroxylation sites is 7. The highest BCUT2D eigenvalue weighted by atomic mass is 31.2. The zero-order valence-electron chi connectivity index (χ0n) is 63.0. The number of rotatable bonds is 12. The fraction of sp³-hybridized carbons (Fsp3) is 0.0700. The van der Waals surface area contributed by atoms with Gasteiger partial charge in [0.25, 0.3) is 0 Å². The second-order valence-electron chi connectivity index (χ2n) is 29.7. The number of hydrogen-bond donors (Lipinski definition) is 0. The van der Waals surface area contributed by atoms with Gasteiger partial charge < -0.3 is 4.90 Å². The first kappa shape index (κ1) is 71.8. The van der Waals surface area contributed by atoms with Gasteiger partial charge in [0.15, 0.2) is 0 Å². The molecule has 3 atom stereocenters. The van der Waals surface area contributed by atoms with Crippen LogP contribution in [-0.2, 0) is 29.9 Å². The van der Waals surface area contributed by atoms with Crippen LogP contribution in [0.25, 0.3) is 21.8 Å².